The molecule has 2 aromatic heterocycles. The van der Waals surface area contributed by atoms with Gasteiger partial charge in [0.25, 0.3) is 5.56 Å². The Hall–Kier alpha value is -2.41. The Kier molecular flexibility index (Phi) is 5.70. The number of nitrogens with zero attached hydrogens (tertiary/aromatic N) is 2. The fourth-order valence-electron chi connectivity index (χ4n) is 2.16. The monoisotopic (exact) mass is 319 g/mol. The number of hydrogen-bond donors (Lipinski definition) is 2. The summed E-state index contributed by atoms with van der Waals surface area (Å²) in [5.41, 5.74) is 0.0996. The van der Waals surface area contributed by atoms with Crippen LogP contribution in [-0.2, 0) is 11.3 Å². The van der Waals surface area contributed by atoms with Crippen LogP contribution in [0.1, 0.15) is 20.3 Å². The van der Waals surface area contributed by atoms with Gasteiger partial charge in [-0.3, -0.25) is 9.59 Å². The Labute approximate surface area is 133 Å². The molecule has 2 atom stereocenters. The van der Waals surface area contributed by atoms with Crippen LogP contribution < -0.4 is 10.9 Å². The topological polar surface area (TPSA) is 97.4 Å². The van der Waals surface area contributed by atoms with Gasteiger partial charge in [-0.15, -0.1) is 0 Å². The molecule has 0 aliphatic heterocycles. The zero-order valence-electron chi connectivity index (χ0n) is 13.2. The predicted octanol–water partition coefficient (Wildman–Crippen LogP) is 1.03. The lowest BCUT2D eigenvalue weighted by Crippen LogP contribution is -2.44. The van der Waals surface area contributed by atoms with Crippen LogP contribution in [0.2, 0.25) is 0 Å². The van der Waals surface area contributed by atoms with E-state index in [-0.39, 0.29) is 36.6 Å². The molecule has 23 heavy (non-hydrogen) atoms. The Morgan fingerprint density at radius 1 is 1.43 bits per heavy atom. The Morgan fingerprint density at radius 3 is 2.83 bits per heavy atom. The van der Waals surface area contributed by atoms with E-state index in [0.29, 0.717) is 11.5 Å². The van der Waals surface area contributed by atoms with Crippen LogP contribution in [0.15, 0.2) is 39.7 Å². The van der Waals surface area contributed by atoms with Crippen molar-refractivity contribution >= 4 is 5.91 Å². The van der Waals surface area contributed by atoms with Gasteiger partial charge in [0.1, 0.15) is 12.2 Å². The van der Waals surface area contributed by atoms with Crippen molar-refractivity contribution in [1.29, 1.82) is 0 Å². The molecule has 0 saturated heterocycles. The molecule has 124 valence electrons. The normalized spacial score (nSPS) is 13.5. The summed E-state index contributed by atoms with van der Waals surface area (Å²) >= 11 is 0. The van der Waals surface area contributed by atoms with E-state index in [1.54, 1.807) is 18.2 Å². The third kappa shape index (κ3) is 4.29. The van der Waals surface area contributed by atoms with E-state index < -0.39 is 0 Å². The van der Waals surface area contributed by atoms with Crippen molar-refractivity contribution in [2.45, 2.75) is 32.9 Å². The highest BCUT2D eigenvalue weighted by Crippen LogP contribution is 2.15. The number of amides is 1. The van der Waals surface area contributed by atoms with Crippen LogP contribution in [0.25, 0.3) is 11.5 Å². The van der Waals surface area contributed by atoms with Gasteiger partial charge in [0.15, 0.2) is 5.76 Å². The van der Waals surface area contributed by atoms with Crippen molar-refractivity contribution < 1.29 is 14.3 Å². The van der Waals surface area contributed by atoms with Crippen LogP contribution >= 0.6 is 0 Å². The van der Waals surface area contributed by atoms with Gasteiger partial charge in [0.2, 0.25) is 5.91 Å². The lowest BCUT2D eigenvalue weighted by molar-refractivity contribution is -0.123. The summed E-state index contributed by atoms with van der Waals surface area (Å²) in [5.74, 6) is 0.297. The Bertz CT molecular complexity index is 694. The van der Waals surface area contributed by atoms with Gasteiger partial charge < -0.3 is 14.8 Å². The molecule has 2 heterocycles. The number of rotatable bonds is 7. The molecule has 2 rings (SSSR count). The Morgan fingerprint density at radius 2 is 2.22 bits per heavy atom. The van der Waals surface area contributed by atoms with Crippen molar-refractivity contribution in [1.82, 2.24) is 15.1 Å². The van der Waals surface area contributed by atoms with Gasteiger partial charge in [0.05, 0.1) is 18.9 Å². The minimum absolute atomic E-state index is 0.142. The van der Waals surface area contributed by atoms with Gasteiger partial charge in [0, 0.05) is 6.07 Å². The lowest BCUT2D eigenvalue weighted by atomic mass is 10.00. The van der Waals surface area contributed by atoms with E-state index in [1.807, 2.05) is 13.8 Å². The van der Waals surface area contributed by atoms with Crippen LogP contribution in [0.5, 0.6) is 0 Å². The second-order valence-electron chi connectivity index (χ2n) is 5.43. The first-order chi connectivity index (χ1) is 11.0. The minimum atomic E-state index is -0.375. The van der Waals surface area contributed by atoms with Crippen molar-refractivity contribution in [3.63, 3.8) is 0 Å². The van der Waals surface area contributed by atoms with Crippen molar-refractivity contribution in [2.24, 2.45) is 5.92 Å². The second-order valence-corrected chi connectivity index (χ2v) is 5.43. The number of aliphatic hydroxyl groups excluding tert-OH is 1. The Balaban J connectivity index is 2.11. The highest BCUT2D eigenvalue weighted by atomic mass is 16.3. The molecule has 2 aromatic rings. The van der Waals surface area contributed by atoms with E-state index in [9.17, 15) is 14.7 Å². The number of hydrogen-bond acceptors (Lipinski definition) is 5. The van der Waals surface area contributed by atoms with Gasteiger partial charge >= 0.3 is 0 Å². The molecular formula is C16H21N3O4. The summed E-state index contributed by atoms with van der Waals surface area (Å²) in [6.45, 7) is 3.58. The summed E-state index contributed by atoms with van der Waals surface area (Å²) < 4.78 is 6.32. The highest BCUT2D eigenvalue weighted by molar-refractivity contribution is 5.76. The third-order valence-electron chi connectivity index (χ3n) is 3.81. The molecule has 0 saturated carbocycles. The highest BCUT2D eigenvalue weighted by Gasteiger charge is 2.18. The van der Waals surface area contributed by atoms with E-state index in [4.69, 9.17) is 4.42 Å². The van der Waals surface area contributed by atoms with Crippen LogP contribution in [0.4, 0.5) is 0 Å². The van der Waals surface area contributed by atoms with Crippen LogP contribution in [-0.4, -0.2) is 33.4 Å². The van der Waals surface area contributed by atoms with Crippen LogP contribution in [0, 0.1) is 5.92 Å². The van der Waals surface area contributed by atoms with E-state index in [2.05, 4.69) is 10.4 Å². The number of aliphatic hydroxyl groups is 1. The van der Waals surface area contributed by atoms with Crippen molar-refractivity contribution in [2.75, 3.05) is 6.61 Å². The first-order valence-electron chi connectivity index (χ1n) is 7.57. The zero-order chi connectivity index (χ0) is 16.8. The standard InChI is InChI=1S/C16H21N3O4/c1-3-11(2)13(10-20)17-15(21)9-19-16(22)7-6-12(18-19)14-5-4-8-23-14/h4-8,11,13,20H,3,9-10H2,1-2H3,(H,17,21)/t11-,13-/m1/s1. The average molecular weight is 319 g/mol. The van der Waals surface area contributed by atoms with Gasteiger partial charge in [-0.1, -0.05) is 20.3 Å². The summed E-state index contributed by atoms with van der Waals surface area (Å²) in [6, 6.07) is 6.00. The quantitative estimate of drug-likeness (QED) is 0.794. The third-order valence-corrected chi connectivity index (χ3v) is 3.81. The molecule has 0 aliphatic rings. The largest absolute Gasteiger partial charge is 0.463 e. The molecule has 1 amide bonds. The van der Waals surface area contributed by atoms with E-state index in [1.165, 1.54) is 12.3 Å². The average Bonchev–Trinajstić information content (AvgIpc) is 3.08. The SMILES string of the molecule is CC[C@@H](C)[C@@H](CO)NC(=O)Cn1nc(-c2ccco2)ccc1=O. The van der Waals surface area contributed by atoms with Crippen LogP contribution in [0.3, 0.4) is 0 Å². The molecule has 0 bridgehead atoms. The predicted molar refractivity (Wildman–Crippen MR) is 84.7 cm³/mol. The molecule has 7 nitrogen and oxygen atoms in total. The summed E-state index contributed by atoms with van der Waals surface area (Å²) in [5, 5.41) is 16.2. The maximum Gasteiger partial charge on any atom is 0.267 e. The first-order valence-corrected chi connectivity index (χ1v) is 7.57. The van der Waals surface area contributed by atoms with Crippen molar-refractivity contribution in [3.8, 4) is 11.5 Å². The molecule has 0 radical (unpaired) electrons. The molecule has 0 aromatic carbocycles. The fourth-order valence-corrected chi connectivity index (χ4v) is 2.16. The van der Waals surface area contributed by atoms with E-state index in [0.717, 1.165) is 11.1 Å². The number of nitrogens with one attached hydrogen (secondary N) is 1. The molecular weight excluding hydrogens is 298 g/mol. The summed E-state index contributed by atoms with van der Waals surface area (Å²) in [6.07, 6.45) is 2.34. The number of furan rings is 1. The fraction of sp³-hybridized carbons (Fsp3) is 0.438. The molecule has 0 aliphatic carbocycles. The molecule has 2 N–H and O–H groups in total. The number of carbonyl (C=O) groups excluding carboxylic acids is 1. The maximum absolute atomic E-state index is 12.1. The zero-order valence-corrected chi connectivity index (χ0v) is 13.2. The number of carbonyl (C=O) groups is 1. The summed E-state index contributed by atoms with van der Waals surface area (Å²) in [4.78, 5) is 24.0. The van der Waals surface area contributed by atoms with Gasteiger partial charge in [-0.25, -0.2) is 4.68 Å². The molecule has 7 heteroatoms. The number of aromatic nitrogens is 2. The van der Waals surface area contributed by atoms with Gasteiger partial charge in [-0.05, 0) is 24.1 Å². The molecule has 0 unspecified atom stereocenters. The van der Waals surface area contributed by atoms with Crippen molar-refractivity contribution in [3.05, 3.63) is 40.9 Å². The maximum atomic E-state index is 12.1. The first kappa shape index (κ1) is 17.0. The van der Waals surface area contributed by atoms with E-state index >= 15 is 0 Å². The lowest BCUT2D eigenvalue weighted by Gasteiger charge is -2.22. The minimum Gasteiger partial charge on any atom is -0.463 e. The van der Waals surface area contributed by atoms with Gasteiger partial charge in [-0.2, -0.15) is 5.10 Å². The molecule has 0 spiro atoms. The second kappa shape index (κ2) is 7.73. The smallest absolute Gasteiger partial charge is 0.267 e. The summed E-state index contributed by atoms with van der Waals surface area (Å²) in [7, 11) is 0. The molecule has 0 fully saturated rings.